The summed E-state index contributed by atoms with van der Waals surface area (Å²) in [6, 6.07) is 7.66. The number of aliphatic carboxylic acids is 1. The van der Waals surface area contributed by atoms with E-state index in [-0.39, 0.29) is 18.0 Å². The van der Waals surface area contributed by atoms with Crippen LogP contribution in [0.5, 0.6) is 0 Å². The summed E-state index contributed by atoms with van der Waals surface area (Å²) < 4.78 is 1.52. The molecule has 0 aliphatic carbocycles. The van der Waals surface area contributed by atoms with Crippen LogP contribution in [-0.4, -0.2) is 37.5 Å². The van der Waals surface area contributed by atoms with Crippen LogP contribution in [-0.2, 0) is 4.79 Å². The van der Waals surface area contributed by atoms with Gasteiger partial charge in [0, 0.05) is 0 Å². The zero-order valence-electron chi connectivity index (χ0n) is 14.3. The van der Waals surface area contributed by atoms with Gasteiger partial charge in [0.1, 0.15) is 0 Å². The first kappa shape index (κ1) is 17.7. The molecule has 0 fully saturated rings. The molecule has 2 aromatic rings. The van der Waals surface area contributed by atoms with E-state index in [0.29, 0.717) is 0 Å². The third-order valence-electron chi connectivity index (χ3n) is 4.18. The van der Waals surface area contributed by atoms with Crippen LogP contribution in [0.2, 0.25) is 0 Å². The summed E-state index contributed by atoms with van der Waals surface area (Å²) in [5.74, 6) is -1.45. The Hall–Kier alpha value is -2.70. The van der Waals surface area contributed by atoms with Crippen LogP contribution in [0, 0.1) is 12.8 Å². The van der Waals surface area contributed by atoms with Gasteiger partial charge in [0.05, 0.1) is 23.8 Å². The molecular formula is C17H22N4O3. The van der Waals surface area contributed by atoms with Gasteiger partial charge in [-0.2, -0.15) is 0 Å². The maximum atomic E-state index is 12.4. The van der Waals surface area contributed by atoms with Gasteiger partial charge in [0.2, 0.25) is 0 Å². The van der Waals surface area contributed by atoms with Crippen LogP contribution in [0.3, 0.4) is 0 Å². The number of hydrogen-bond donors (Lipinski definition) is 2. The largest absolute Gasteiger partial charge is 0.481 e. The van der Waals surface area contributed by atoms with Gasteiger partial charge in [0.15, 0.2) is 5.69 Å². The molecule has 0 radical (unpaired) electrons. The van der Waals surface area contributed by atoms with Crippen LogP contribution >= 0.6 is 0 Å². The first-order chi connectivity index (χ1) is 11.2. The minimum absolute atomic E-state index is 0.0515. The fourth-order valence-electron chi connectivity index (χ4n) is 2.29. The second kappa shape index (κ2) is 6.82. The number of nitrogens with zero attached hydrogens (tertiary/aromatic N) is 3. The van der Waals surface area contributed by atoms with E-state index >= 15 is 0 Å². The normalized spacial score (nSPS) is 13.5. The van der Waals surface area contributed by atoms with Crippen molar-refractivity contribution in [2.24, 2.45) is 5.92 Å². The third-order valence-corrected chi connectivity index (χ3v) is 4.18. The highest BCUT2D eigenvalue weighted by atomic mass is 16.4. The average Bonchev–Trinajstić information content (AvgIpc) is 2.96. The monoisotopic (exact) mass is 330 g/mol. The van der Waals surface area contributed by atoms with E-state index in [1.54, 1.807) is 6.92 Å². The molecule has 0 bridgehead atoms. The molecule has 2 rings (SSSR count). The van der Waals surface area contributed by atoms with Crippen molar-refractivity contribution in [3.05, 3.63) is 41.7 Å². The second-order valence-electron chi connectivity index (χ2n) is 6.48. The molecule has 1 heterocycles. The van der Waals surface area contributed by atoms with Gasteiger partial charge >= 0.3 is 5.97 Å². The van der Waals surface area contributed by atoms with Crippen molar-refractivity contribution in [2.45, 2.75) is 39.7 Å². The van der Waals surface area contributed by atoms with E-state index in [1.807, 2.05) is 45.0 Å². The molecular weight excluding hydrogens is 308 g/mol. The predicted molar refractivity (Wildman–Crippen MR) is 89.1 cm³/mol. The van der Waals surface area contributed by atoms with Crippen molar-refractivity contribution in [1.29, 1.82) is 0 Å². The van der Waals surface area contributed by atoms with Gasteiger partial charge < -0.3 is 10.4 Å². The fourth-order valence-corrected chi connectivity index (χ4v) is 2.29. The first-order valence-corrected chi connectivity index (χ1v) is 7.75. The van der Waals surface area contributed by atoms with Crippen LogP contribution in [0.15, 0.2) is 30.5 Å². The summed E-state index contributed by atoms with van der Waals surface area (Å²) in [5, 5.41) is 19.7. The molecule has 1 atom stereocenters. The molecule has 0 saturated heterocycles. The molecule has 0 aliphatic rings. The Kier molecular flexibility index (Phi) is 5.02. The molecule has 24 heavy (non-hydrogen) atoms. The summed E-state index contributed by atoms with van der Waals surface area (Å²) in [7, 11) is 0. The number of aryl methyl sites for hydroxylation is 1. The zero-order chi connectivity index (χ0) is 17.9. The number of carbonyl (C=O) groups is 2. The lowest BCUT2D eigenvalue weighted by Gasteiger charge is -2.33. The summed E-state index contributed by atoms with van der Waals surface area (Å²) in [5.41, 5.74) is 1.16. The third kappa shape index (κ3) is 3.98. The maximum absolute atomic E-state index is 12.4. The summed E-state index contributed by atoms with van der Waals surface area (Å²) >= 11 is 0. The van der Waals surface area contributed by atoms with Gasteiger partial charge in [-0.1, -0.05) is 31.2 Å². The summed E-state index contributed by atoms with van der Waals surface area (Å²) in [6.45, 7) is 7.42. The van der Waals surface area contributed by atoms with E-state index in [4.69, 9.17) is 5.11 Å². The molecule has 0 spiro atoms. The number of carbonyl (C=O) groups excluding carboxylic acids is 1. The Balaban J connectivity index is 2.20. The number of rotatable bonds is 6. The number of benzene rings is 1. The van der Waals surface area contributed by atoms with Gasteiger partial charge in [-0.3, -0.25) is 9.59 Å². The van der Waals surface area contributed by atoms with Crippen molar-refractivity contribution >= 4 is 11.9 Å². The topological polar surface area (TPSA) is 97.1 Å². The van der Waals surface area contributed by atoms with Crippen molar-refractivity contribution in [1.82, 2.24) is 20.3 Å². The van der Waals surface area contributed by atoms with Crippen molar-refractivity contribution in [3.8, 4) is 5.69 Å². The molecule has 1 unspecified atom stereocenters. The van der Waals surface area contributed by atoms with Crippen LogP contribution in [0.4, 0.5) is 0 Å². The van der Waals surface area contributed by atoms with E-state index in [2.05, 4.69) is 15.6 Å². The highest BCUT2D eigenvalue weighted by Crippen LogP contribution is 2.21. The number of hydrogen-bond acceptors (Lipinski definition) is 4. The number of carboxylic acids is 1. The molecule has 1 amide bonds. The lowest BCUT2D eigenvalue weighted by atomic mass is 9.85. The molecule has 7 heteroatoms. The van der Waals surface area contributed by atoms with E-state index in [1.165, 1.54) is 10.9 Å². The molecule has 0 aliphatic heterocycles. The molecule has 1 aromatic carbocycles. The Morgan fingerprint density at radius 3 is 2.67 bits per heavy atom. The molecule has 128 valence electrons. The van der Waals surface area contributed by atoms with Crippen LogP contribution < -0.4 is 5.32 Å². The maximum Gasteiger partial charge on any atom is 0.305 e. The number of aromatic nitrogens is 3. The second-order valence-corrected chi connectivity index (χ2v) is 6.48. The quantitative estimate of drug-likeness (QED) is 0.846. The predicted octanol–water partition coefficient (Wildman–Crippen LogP) is 2.19. The highest BCUT2D eigenvalue weighted by molar-refractivity contribution is 5.92. The lowest BCUT2D eigenvalue weighted by Crippen LogP contribution is -2.51. The van der Waals surface area contributed by atoms with Gasteiger partial charge in [-0.15, -0.1) is 5.10 Å². The Morgan fingerprint density at radius 2 is 2.08 bits per heavy atom. The van der Waals surface area contributed by atoms with Crippen LogP contribution in [0.25, 0.3) is 5.69 Å². The van der Waals surface area contributed by atoms with Crippen molar-refractivity contribution in [2.75, 3.05) is 0 Å². The smallest absolute Gasteiger partial charge is 0.305 e. The molecule has 2 N–H and O–H groups in total. The SMILES string of the molecule is Cc1cccc(-n2cc(C(=O)NC(C)(CC(=O)O)C(C)C)nn2)c1. The van der Waals surface area contributed by atoms with Gasteiger partial charge in [0.25, 0.3) is 5.91 Å². The first-order valence-electron chi connectivity index (χ1n) is 7.75. The van der Waals surface area contributed by atoms with E-state index < -0.39 is 17.4 Å². The number of nitrogens with one attached hydrogen (secondary N) is 1. The highest BCUT2D eigenvalue weighted by Gasteiger charge is 2.33. The fraction of sp³-hybridized carbons (Fsp3) is 0.412. The molecule has 0 saturated carbocycles. The minimum Gasteiger partial charge on any atom is -0.481 e. The number of carboxylic acid groups (broad SMARTS) is 1. The Morgan fingerprint density at radius 1 is 1.38 bits per heavy atom. The minimum atomic E-state index is -0.963. The zero-order valence-corrected chi connectivity index (χ0v) is 14.3. The Labute approximate surface area is 140 Å². The lowest BCUT2D eigenvalue weighted by molar-refractivity contribution is -0.138. The van der Waals surface area contributed by atoms with Gasteiger partial charge in [-0.05, 0) is 37.5 Å². The summed E-state index contributed by atoms with van der Waals surface area (Å²) in [4.78, 5) is 23.5. The van der Waals surface area contributed by atoms with Gasteiger partial charge in [-0.25, -0.2) is 4.68 Å². The summed E-state index contributed by atoms with van der Waals surface area (Å²) in [6.07, 6.45) is 1.37. The average molecular weight is 330 g/mol. The van der Waals surface area contributed by atoms with E-state index in [0.717, 1.165) is 11.3 Å². The van der Waals surface area contributed by atoms with E-state index in [9.17, 15) is 9.59 Å². The van der Waals surface area contributed by atoms with Crippen molar-refractivity contribution < 1.29 is 14.7 Å². The standard InChI is InChI=1S/C17H22N4O3/c1-11(2)17(4,9-15(22)23)18-16(24)14-10-21(20-19-14)13-7-5-6-12(3)8-13/h5-8,10-11H,9H2,1-4H3,(H,18,24)(H,22,23). The molecule has 7 nitrogen and oxygen atoms in total. The molecule has 1 aromatic heterocycles. The van der Waals surface area contributed by atoms with Crippen LogP contribution in [0.1, 0.15) is 43.2 Å². The Bertz CT molecular complexity index is 754. The number of amides is 1. The van der Waals surface area contributed by atoms with Crippen molar-refractivity contribution in [3.63, 3.8) is 0 Å².